The predicted octanol–water partition coefficient (Wildman–Crippen LogP) is 3.29. The number of hydrogen-bond acceptors (Lipinski definition) is 5. The topological polar surface area (TPSA) is 104 Å². The van der Waals surface area contributed by atoms with E-state index < -0.39 is 15.9 Å². The summed E-state index contributed by atoms with van der Waals surface area (Å²) >= 11 is 1.17. The minimum Gasteiger partial charge on any atom is -0.494 e. The highest BCUT2D eigenvalue weighted by Crippen LogP contribution is 2.21. The summed E-state index contributed by atoms with van der Waals surface area (Å²) in [4.78, 5) is 17.4. The van der Waals surface area contributed by atoms with Crippen molar-refractivity contribution >= 4 is 37.5 Å². The van der Waals surface area contributed by atoms with E-state index >= 15 is 0 Å². The zero-order valence-corrected chi connectivity index (χ0v) is 18.7. The molecule has 2 N–H and O–H groups in total. The number of nitrogens with zero attached hydrogens (tertiary/aromatic N) is 2. The van der Waals surface area contributed by atoms with Crippen LogP contribution in [0.15, 0.2) is 52.4 Å². The third kappa shape index (κ3) is 5.61. The Hall–Kier alpha value is -2.93. The first-order chi connectivity index (χ1) is 14.8. The minimum atomic E-state index is -3.85. The average Bonchev–Trinajstić information content (AvgIpc) is 3.07. The summed E-state index contributed by atoms with van der Waals surface area (Å²) in [6, 6.07) is 11.3. The number of thiazole rings is 1. The molecule has 0 aliphatic rings. The number of amides is 1. The van der Waals surface area contributed by atoms with E-state index in [0.717, 1.165) is 19.3 Å². The SMILES string of the molecule is C#CCn1c(=NC(=O)c2cccc(OCCCCC)c2)sc2cc(S(N)(=O)=O)ccc21. The van der Waals surface area contributed by atoms with E-state index in [1.165, 1.54) is 23.5 Å². The van der Waals surface area contributed by atoms with Crippen LogP contribution < -0.4 is 14.7 Å². The van der Waals surface area contributed by atoms with Crippen molar-refractivity contribution in [3.8, 4) is 18.1 Å². The fraction of sp³-hybridized carbons (Fsp3) is 0.273. The van der Waals surface area contributed by atoms with Gasteiger partial charge in [-0.3, -0.25) is 4.79 Å². The fourth-order valence-electron chi connectivity index (χ4n) is 2.97. The van der Waals surface area contributed by atoms with Gasteiger partial charge >= 0.3 is 0 Å². The second kappa shape index (κ2) is 9.92. The van der Waals surface area contributed by atoms with Gasteiger partial charge < -0.3 is 9.30 Å². The van der Waals surface area contributed by atoms with E-state index in [1.807, 2.05) is 0 Å². The minimum absolute atomic E-state index is 0.0140. The van der Waals surface area contributed by atoms with Crippen LogP contribution in [0.25, 0.3) is 10.2 Å². The van der Waals surface area contributed by atoms with Gasteiger partial charge in [0.1, 0.15) is 5.75 Å². The van der Waals surface area contributed by atoms with Crippen LogP contribution in [0.3, 0.4) is 0 Å². The molecule has 0 bridgehead atoms. The molecule has 0 fully saturated rings. The number of ether oxygens (including phenoxy) is 1. The molecule has 0 unspecified atom stereocenters. The summed E-state index contributed by atoms with van der Waals surface area (Å²) < 4.78 is 31.3. The van der Waals surface area contributed by atoms with Crippen molar-refractivity contribution in [2.75, 3.05) is 6.61 Å². The summed E-state index contributed by atoms with van der Waals surface area (Å²) in [5.74, 6) is 2.71. The standard InChI is InChI=1S/C22H23N3O4S2/c1-3-5-6-13-29-17-9-7-8-16(14-17)21(26)24-22-25(12-4-2)19-11-10-18(31(23,27)28)15-20(19)30-22/h2,7-11,14-15H,3,5-6,12-13H2,1H3,(H2,23,27,28). The molecule has 0 saturated heterocycles. The van der Waals surface area contributed by atoms with Gasteiger partial charge in [-0.2, -0.15) is 4.99 Å². The lowest BCUT2D eigenvalue weighted by Gasteiger charge is -2.06. The molecule has 0 radical (unpaired) electrons. The maximum atomic E-state index is 12.8. The molecule has 0 aliphatic heterocycles. The van der Waals surface area contributed by atoms with Crippen LogP contribution in [0.2, 0.25) is 0 Å². The fourth-order valence-corrected chi connectivity index (χ4v) is 4.65. The molecule has 3 rings (SSSR count). The zero-order chi connectivity index (χ0) is 22.4. The smallest absolute Gasteiger partial charge is 0.279 e. The molecule has 1 aromatic heterocycles. The first-order valence-electron chi connectivity index (χ1n) is 9.75. The van der Waals surface area contributed by atoms with Crippen molar-refractivity contribution in [1.29, 1.82) is 0 Å². The van der Waals surface area contributed by atoms with Gasteiger partial charge in [0, 0.05) is 5.56 Å². The van der Waals surface area contributed by atoms with Gasteiger partial charge in [0.15, 0.2) is 4.80 Å². The summed E-state index contributed by atoms with van der Waals surface area (Å²) in [5, 5.41) is 5.22. The van der Waals surface area contributed by atoms with E-state index in [-0.39, 0.29) is 11.4 Å². The number of hydrogen-bond donors (Lipinski definition) is 1. The van der Waals surface area contributed by atoms with Gasteiger partial charge in [-0.15, -0.1) is 6.42 Å². The Morgan fingerprint density at radius 1 is 1.26 bits per heavy atom. The number of unbranched alkanes of at least 4 members (excludes halogenated alkanes) is 2. The number of benzene rings is 2. The molecular weight excluding hydrogens is 434 g/mol. The van der Waals surface area contributed by atoms with Gasteiger partial charge in [-0.05, 0) is 42.8 Å². The average molecular weight is 458 g/mol. The van der Waals surface area contributed by atoms with Gasteiger partial charge in [0.25, 0.3) is 5.91 Å². The second-order valence-corrected chi connectivity index (χ2v) is 9.42. The Morgan fingerprint density at radius 3 is 2.77 bits per heavy atom. The van der Waals surface area contributed by atoms with Crippen LogP contribution in [0.4, 0.5) is 0 Å². The lowest BCUT2D eigenvalue weighted by molar-refractivity contribution is 0.0997. The normalized spacial score (nSPS) is 12.1. The number of terminal acetylenes is 1. The third-order valence-electron chi connectivity index (χ3n) is 4.53. The molecule has 2 aromatic carbocycles. The second-order valence-electron chi connectivity index (χ2n) is 6.85. The Morgan fingerprint density at radius 2 is 2.06 bits per heavy atom. The summed E-state index contributed by atoms with van der Waals surface area (Å²) in [7, 11) is -3.85. The molecule has 3 aromatic rings. The van der Waals surface area contributed by atoms with E-state index in [0.29, 0.717) is 32.9 Å². The largest absolute Gasteiger partial charge is 0.494 e. The first kappa shape index (κ1) is 22.7. The third-order valence-corrected chi connectivity index (χ3v) is 6.48. The Labute approximate surface area is 185 Å². The Bertz CT molecular complexity index is 1310. The highest BCUT2D eigenvalue weighted by atomic mass is 32.2. The molecule has 0 saturated carbocycles. The van der Waals surface area contributed by atoms with Gasteiger partial charge in [-0.1, -0.05) is 43.1 Å². The molecule has 9 heteroatoms. The summed E-state index contributed by atoms with van der Waals surface area (Å²) in [6.07, 6.45) is 8.62. The lowest BCUT2D eigenvalue weighted by Crippen LogP contribution is -2.16. The number of nitrogens with two attached hydrogens (primary N) is 1. The quantitative estimate of drug-likeness (QED) is 0.414. The van der Waals surface area contributed by atoms with Crippen molar-refractivity contribution in [2.45, 2.75) is 37.6 Å². The van der Waals surface area contributed by atoms with E-state index in [1.54, 1.807) is 34.9 Å². The van der Waals surface area contributed by atoms with Crippen molar-refractivity contribution in [1.82, 2.24) is 4.57 Å². The van der Waals surface area contributed by atoms with Gasteiger partial charge in [0.2, 0.25) is 10.0 Å². The molecule has 1 amide bonds. The van der Waals surface area contributed by atoms with Gasteiger partial charge in [0.05, 0.1) is 28.3 Å². The van der Waals surface area contributed by atoms with Crippen LogP contribution in [-0.4, -0.2) is 25.5 Å². The molecule has 1 heterocycles. The van der Waals surface area contributed by atoms with Crippen LogP contribution in [0.1, 0.15) is 36.5 Å². The summed E-state index contributed by atoms with van der Waals surface area (Å²) in [6.45, 7) is 2.89. The number of rotatable bonds is 8. The van der Waals surface area contributed by atoms with Crippen LogP contribution >= 0.6 is 11.3 Å². The number of aromatic nitrogens is 1. The van der Waals surface area contributed by atoms with E-state index in [4.69, 9.17) is 16.3 Å². The van der Waals surface area contributed by atoms with Gasteiger partial charge in [-0.25, -0.2) is 13.6 Å². The number of sulfonamides is 1. The number of fused-ring (bicyclic) bond motifs is 1. The molecule has 0 atom stereocenters. The number of carbonyl (C=O) groups is 1. The predicted molar refractivity (Wildman–Crippen MR) is 121 cm³/mol. The number of carbonyl (C=O) groups excluding carboxylic acids is 1. The monoisotopic (exact) mass is 457 g/mol. The van der Waals surface area contributed by atoms with Crippen molar-refractivity contribution in [2.24, 2.45) is 10.1 Å². The molecule has 162 valence electrons. The molecule has 31 heavy (non-hydrogen) atoms. The number of primary sulfonamides is 1. The zero-order valence-electron chi connectivity index (χ0n) is 17.1. The van der Waals surface area contributed by atoms with Crippen LogP contribution in [0, 0.1) is 12.3 Å². The summed E-state index contributed by atoms with van der Waals surface area (Å²) in [5.41, 5.74) is 1.07. The highest BCUT2D eigenvalue weighted by molar-refractivity contribution is 7.89. The highest BCUT2D eigenvalue weighted by Gasteiger charge is 2.13. The van der Waals surface area contributed by atoms with E-state index in [2.05, 4.69) is 17.8 Å². The van der Waals surface area contributed by atoms with Crippen molar-refractivity contribution < 1.29 is 17.9 Å². The van der Waals surface area contributed by atoms with Crippen molar-refractivity contribution in [3.05, 3.63) is 52.8 Å². The molecule has 0 spiro atoms. The molecule has 7 nitrogen and oxygen atoms in total. The maximum Gasteiger partial charge on any atom is 0.279 e. The Kier molecular flexibility index (Phi) is 7.28. The molecular formula is C22H23N3O4S2. The maximum absolute atomic E-state index is 12.8. The lowest BCUT2D eigenvalue weighted by atomic mass is 10.2. The van der Waals surface area contributed by atoms with Crippen LogP contribution in [-0.2, 0) is 16.6 Å². The first-order valence-corrected chi connectivity index (χ1v) is 12.1. The van der Waals surface area contributed by atoms with Crippen LogP contribution in [0.5, 0.6) is 5.75 Å². The van der Waals surface area contributed by atoms with E-state index in [9.17, 15) is 13.2 Å². The Balaban J connectivity index is 1.97. The van der Waals surface area contributed by atoms with Crippen molar-refractivity contribution in [3.63, 3.8) is 0 Å². The molecule has 0 aliphatic carbocycles.